The first-order valence-corrected chi connectivity index (χ1v) is 8.25. The van der Waals surface area contributed by atoms with Crippen molar-refractivity contribution in [3.63, 3.8) is 0 Å². The molecule has 1 rings (SSSR count). The maximum absolute atomic E-state index is 12.2. The number of nitrogens with one attached hydrogen (secondary N) is 1. The highest BCUT2D eigenvalue weighted by molar-refractivity contribution is 7.92. The monoisotopic (exact) mass is 290 g/mol. The first-order valence-electron chi connectivity index (χ1n) is 6.36. The fourth-order valence-corrected chi connectivity index (χ4v) is 2.30. The molecule has 0 saturated carbocycles. The van der Waals surface area contributed by atoms with Crippen LogP contribution in [-0.4, -0.2) is 55.3 Å². The zero-order chi connectivity index (χ0) is 14.8. The first kappa shape index (κ1) is 15.9. The van der Waals surface area contributed by atoms with Gasteiger partial charge in [0.05, 0.1) is 4.75 Å². The quantitative estimate of drug-likeness (QED) is 0.786. The number of hydrogen-bond donors (Lipinski definition) is 1. The maximum Gasteiger partial charge on any atom is 0.245 e. The van der Waals surface area contributed by atoms with Crippen LogP contribution in [0.2, 0.25) is 0 Å². The first-order chi connectivity index (χ1) is 8.58. The molecule has 0 aromatic rings. The Morgan fingerprint density at radius 2 is 1.95 bits per heavy atom. The van der Waals surface area contributed by atoms with E-state index in [1.165, 1.54) is 4.90 Å². The summed E-state index contributed by atoms with van der Waals surface area (Å²) in [6.07, 6.45) is 1.87. The van der Waals surface area contributed by atoms with Crippen molar-refractivity contribution < 1.29 is 18.0 Å². The number of carbonyl (C=O) groups is 2. The van der Waals surface area contributed by atoms with E-state index in [2.05, 4.69) is 5.32 Å². The molecule has 1 N–H and O–H groups in total. The zero-order valence-electron chi connectivity index (χ0n) is 11.9. The van der Waals surface area contributed by atoms with Gasteiger partial charge in [0.1, 0.15) is 6.04 Å². The lowest BCUT2D eigenvalue weighted by atomic mass is 10.1. The lowest BCUT2D eigenvalue weighted by molar-refractivity contribution is -0.133. The van der Waals surface area contributed by atoms with E-state index in [-0.39, 0.29) is 31.3 Å². The highest BCUT2D eigenvalue weighted by Gasteiger charge is 2.37. The van der Waals surface area contributed by atoms with Crippen LogP contribution < -0.4 is 5.32 Å². The molecule has 1 heterocycles. The van der Waals surface area contributed by atoms with Crippen LogP contribution in [0.25, 0.3) is 0 Å². The van der Waals surface area contributed by atoms with E-state index >= 15 is 0 Å². The molecule has 0 aliphatic carbocycles. The molecule has 1 fully saturated rings. The van der Waals surface area contributed by atoms with Crippen LogP contribution in [0.4, 0.5) is 0 Å². The van der Waals surface area contributed by atoms with Gasteiger partial charge in [0.15, 0.2) is 9.84 Å². The lowest BCUT2D eigenvalue weighted by Gasteiger charge is -2.31. The van der Waals surface area contributed by atoms with E-state index < -0.39 is 20.6 Å². The van der Waals surface area contributed by atoms with Crippen LogP contribution in [0.15, 0.2) is 0 Å². The number of sulfone groups is 1. The van der Waals surface area contributed by atoms with Gasteiger partial charge in [0, 0.05) is 25.8 Å². The topological polar surface area (TPSA) is 83.6 Å². The molecule has 0 aromatic carbocycles. The van der Waals surface area contributed by atoms with Crippen molar-refractivity contribution in [1.82, 2.24) is 10.2 Å². The van der Waals surface area contributed by atoms with Crippen molar-refractivity contribution in [1.29, 1.82) is 0 Å². The SMILES string of the molecule is CCC1NC(=O)CCN(CC(C)(C)S(C)(=O)=O)C1=O. The van der Waals surface area contributed by atoms with Crippen LogP contribution in [0.1, 0.15) is 33.6 Å². The van der Waals surface area contributed by atoms with E-state index in [0.717, 1.165) is 6.26 Å². The summed E-state index contributed by atoms with van der Waals surface area (Å²) in [6, 6.07) is -0.551. The predicted molar refractivity (Wildman–Crippen MR) is 72.3 cm³/mol. The van der Waals surface area contributed by atoms with Gasteiger partial charge in [-0.05, 0) is 20.3 Å². The van der Waals surface area contributed by atoms with Crippen molar-refractivity contribution in [2.75, 3.05) is 19.3 Å². The Balaban J connectivity index is 2.93. The van der Waals surface area contributed by atoms with Gasteiger partial charge in [0.25, 0.3) is 0 Å². The number of carbonyl (C=O) groups excluding carboxylic acids is 2. The third kappa shape index (κ3) is 3.68. The third-order valence-corrected chi connectivity index (χ3v) is 5.67. The van der Waals surface area contributed by atoms with E-state index in [4.69, 9.17) is 0 Å². The summed E-state index contributed by atoms with van der Waals surface area (Å²) in [6.45, 7) is 5.37. The fourth-order valence-electron chi connectivity index (χ4n) is 1.91. The zero-order valence-corrected chi connectivity index (χ0v) is 12.7. The largest absolute Gasteiger partial charge is 0.344 e. The molecule has 0 radical (unpaired) electrons. The predicted octanol–water partition coefficient (Wildman–Crippen LogP) is -0.0633. The average Bonchev–Trinajstić information content (AvgIpc) is 2.40. The Morgan fingerprint density at radius 1 is 1.37 bits per heavy atom. The summed E-state index contributed by atoms with van der Waals surface area (Å²) in [7, 11) is -3.27. The molecule has 0 spiro atoms. The van der Waals surface area contributed by atoms with Gasteiger partial charge in [-0.15, -0.1) is 0 Å². The van der Waals surface area contributed by atoms with Crippen LogP contribution in [0.5, 0.6) is 0 Å². The summed E-state index contributed by atoms with van der Waals surface area (Å²) in [5, 5.41) is 2.65. The second-order valence-corrected chi connectivity index (χ2v) is 8.22. The van der Waals surface area contributed by atoms with Crippen LogP contribution in [0, 0.1) is 0 Å². The Kier molecular flexibility index (Phi) is 4.60. The number of nitrogens with zero attached hydrogens (tertiary/aromatic N) is 1. The number of rotatable bonds is 4. The summed E-state index contributed by atoms with van der Waals surface area (Å²) >= 11 is 0. The van der Waals surface area contributed by atoms with Gasteiger partial charge in [-0.2, -0.15) is 0 Å². The molecule has 1 unspecified atom stereocenters. The van der Waals surface area contributed by atoms with Crippen molar-refractivity contribution in [3.05, 3.63) is 0 Å². The number of amides is 2. The van der Waals surface area contributed by atoms with Crippen LogP contribution in [-0.2, 0) is 19.4 Å². The second-order valence-electron chi connectivity index (χ2n) is 5.57. The molecule has 19 heavy (non-hydrogen) atoms. The van der Waals surface area contributed by atoms with E-state index in [0.29, 0.717) is 6.42 Å². The van der Waals surface area contributed by atoms with Crippen LogP contribution >= 0.6 is 0 Å². The minimum atomic E-state index is -3.27. The molecule has 2 amide bonds. The highest BCUT2D eigenvalue weighted by Crippen LogP contribution is 2.19. The Morgan fingerprint density at radius 3 is 2.42 bits per heavy atom. The van der Waals surface area contributed by atoms with E-state index in [1.807, 2.05) is 6.92 Å². The highest BCUT2D eigenvalue weighted by atomic mass is 32.2. The van der Waals surface area contributed by atoms with Gasteiger partial charge in [-0.25, -0.2) is 8.42 Å². The molecule has 1 atom stereocenters. The summed E-state index contributed by atoms with van der Waals surface area (Å²) < 4.78 is 22.4. The minimum Gasteiger partial charge on any atom is -0.344 e. The molecule has 1 aliphatic heterocycles. The second kappa shape index (κ2) is 5.48. The number of hydrogen-bond acceptors (Lipinski definition) is 4. The summed E-state index contributed by atoms with van der Waals surface area (Å²) in [5.74, 6) is -0.370. The Bertz CT molecular complexity index is 470. The molecule has 1 aliphatic rings. The molecule has 0 bridgehead atoms. The molecule has 6 nitrogen and oxygen atoms in total. The van der Waals surface area contributed by atoms with E-state index in [9.17, 15) is 18.0 Å². The fraction of sp³-hybridized carbons (Fsp3) is 0.833. The van der Waals surface area contributed by atoms with Gasteiger partial charge in [0.2, 0.25) is 11.8 Å². The smallest absolute Gasteiger partial charge is 0.245 e. The standard InChI is InChI=1S/C12H22N2O4S/c1-5-9-11(16)14(7-6-10(15)13-9)8-12(2,3)19(4,17)18/h9H,5-8H2,1-4H3,(H,13,15). The van der Waals surface area contributed by atoms with Crippen LogP contribution in [0.3, 0.4) is 0 Å². The molecule has 0 aromatic heterocycles. The lowest BCUT2D eigenvalue weighted by Crippen LogP contribution is -2.50. The molecule has 110 valence electrons. The van der Waals surface area contributed by atoms with Crippen molar-refractivity contribution in [2.24, 2.45) is 0 Å². The average molecular weight is 290 g/mol. The Labute approximate surface area is 114 Å². The molecule has 7 heteroatoms. The molecular formula is C12H22N2O4S. The van der Waals surface area contributed by atoms with Gasteiger partial charge in [-0.3, -0.25) is 9.59 Å². The van der Waals surface area contributed by atoms with Gasteiger partial charge < -0.3 is 10.2 Å². The van der Waals surface area contributed by atoms with Gasteiger partial charge in [-0.1, -0.05) is 6.92 Å². The third-order valence-electron chi connectivity index (χ3n) is 3.54. The van der Waals surface area contributed by atoms with Gasteiger partial charge >= 0.3 is 0 Å². The summed E-state index contributed by atoms with van der Waals surface area (Å²) in [4.78, 5) is 25.2. The minimum absolute atomic E-state index is 0.107. The maximum atomic E-state index is 12.2. The normalized spacial score (nSPS) is 22.1. The van der Waals surface area contributed by atoms with Crippen molar-refractivity contribution in [3.8, 4) is 0 Å². The molecular weight excluding hydrogens is 268 g/mol. The Hall–Kier alpha value is -1.11. The molecule has 1 saturated heterocycles. The van der Waals surface area contributed by atoms with E-state index in [1.54, 1.807) is 13.8 Å². The van der Waals surface area contributed by atoms with Crippen molar-refractivity contribution >= 4 is 21.7 Å². The summed E-state index contributed by atoms with van der Waals surface area (Å²) in [5.41, 5.74) is 0. The van der Waals surface area contributed by atoms with Crippen molar-refractivity contribution in [2.45, 2.75) is 44.4 Å².